The lowest BCUT2D eigenvalue weighted by atomic mass is 10.2. The maximum absolute atomic E-state index is 12.5. The van der Waals surface area contributed by atoms with E-state index >= 15 is 0 Å². The molecule has 120 valence electrons. The number of para-hydroxylation sites is 1. The number of ether oxygens (including phenoxy) is 1. The Kier molecular flexibility index (Phi) is 4.19. The highest BCUT2D eigenvalue weighted by atomic mass is 16.5. The first kappa shape index (κ1) is 15.3. The molecule has 0 radical (unpaired) electrons. The number of benzene rings is 1. The van der Waals surface area contributed by atoms with E-state index in [1.54, 1.807) is 0 Å². The van der Waals surface area contributed by atoms with Crippen LogP contribution in [-0.2, 0) is 6.54 Å². The van der Waals surface area contributed by atoms with Crippen LogP contribution in [0.3, 0.4) is 0 Å². The molecule has 1 aromatic carbocycles. The van der Waals surface area contributed by atoms with E-state index in [9.17, 15) is 4.79 Å². The summed E-state index contributed by atoms with van der Waals surface area (Å²) in [5.41, 5.74) is 2.38. The molecule has 0 fully saturated rings. The minimum absolute atomic E-state index is 0.108. The number of aryl methyl sites for hydroxylation is 2. The summed E-state index contributed by atoms with van der Waals surface area (Å²) in [5, 5.41) is 0.663. The van der Waals surface area contributed by atoms with Gasteiger partial charge in [0.25, 0.3) is 5.56 Å². The second-order valence-electron chi connectivity index (χ2n) is 5.55. The molecule has 0 aliphatic heterocycles. The average Bonchev–Trinajstić information content (AvgIpc) is 2.85. The van der Waals surface area contributed by atoms with Crippen molar-refractivity contribution in [3.63, 3.8) is 0 Å². The highest BCUT2D eigenvalue weighted by Gasteiger charge is 2.15. The van der Waals surface area contributed by atoms with Crippen molar-refractivity contribution >= 4 is 11.0 Å². The molecule has 5 heteroatoms. The van der Waals surface area contributed by atoms with Crippen LogP contribution in [0.5, 0.6) is 5.75 Å². The van der Waals surface area contributed by atoms with E-state index in [0.29, 0.717) is 17.8 Å². The van der Waals surface area contributed by atoms with Crippen molar-refractivity contribution in [2.24, 2.45) is 0 Å². The molecule has 0 atom stereocenters. The fourth-order valence-electron chi connectivity index (χ4n) is 2.87. The van der Waals surface area contributed by atoms with E-state index in [1.807, 2.05) is 48.9 Å². The van der Waals surface area contributed by atoms with E-state index in [1.165, 1.54) is 0 Å². The van der Waals surface area contributed by atoms with E-state index in [4.69, 9.17) is 9.72 Å². The number of rotatable bonds is 5. The molecule has 0 saturated heterocycles. The maximum Gasteiger partial charge on any atom is 0.260 e. The first-order valence-electron chi connectivity index (χ1n) is 7.97. The molecule has 0 bridgehead atoms. The summed E-state index contributed by atoms with van der Waals surface area (Å²) in [6, 6.07) is 7.63. The van der Waals surface area contributed by atoms with Crippen LogP contribution in [0, 0.1) is 6.92 Å². The third-order valence-corrected chi connectivity index (χ3v) is 3.82. The van der Waals surface area contributed by atoms with Gasteiger partial charge in [-0.2, -0.15) is 0 Å². The Bertz CT molecular complexity index is 893. The molecule has 23 heavy (non-hydrogen) atoms. The van der Waals surface area contributed by atoms with Crippen LogP contribution < -0.4 is 10.3 Å². The van der Waals surface area contributed by atoms with Gasteiger partial charge in [0.05, 0.1) is 17.6 Å². The van der Waals surface area contributed by atoms with Gasteiger partial charge in [0.1, 0.15) is 17.2 Å². The molecule has 0 aliphatic carbocycles. The number of hydrogen-bond donors (Lipinski definition) is 1. The second kappa shape index (κ2) is 6.28. The second-order valence-corrected chi connectivity index (χ2v) is 5.55. The fourth-order valence-corrected chi connectivity index (χ4v) is 2.87. The van der Waals surface area contributed by atoms with Crippen molar-refractivity contribution in [2.75, 3.05) is 6.61 Å². The van der Waals surface area contributed by atoms with Crippen LogP contribution in [0.25, 0.3) is 22.4 Å². The van der Waals surface area contributed by atoms with Gasteiger partial charge in [-0.05, 0) is 38.0 Å². The van der Waals surface area contributed by atoms with E-state index in [2.05, 4.69) is 11.9 Å². The summed E-state index contributed by atoms with van der Waals surface area (Å²) in [7, 11) is 0. The quantitative estimate of drug-likeness (QED) is 0.784. The van der Waals surface area contributed by atoms with Gasteiger partial charge in [0.15, 0.2) is 0 Å². The van der Waals surface area contributed by atoms with Crippen LogP contribution in [0.15, 0.2) is 35.3 Å². The van der Waals surface area contributed by atoms with Gasteiger partial charge in [0, 0.05) is 12.7 Å². The van der Waals surface area contributed by atoms with Gasteiger partial charge in [0.2, 0.25) is 0 Å². The lowest BCUT2D eigenvalue weighted by Gasteiger charge is -2.10. The molecule has 0 aliphatic rings. The molecule has 3 rings (SSSR count). The number of H-pyrrole nitrogens is 1. The van der Waals surface area contributed by atoms with Gasteiger partial charge < -0.3 is 14.3 Å². The van der Waals surface area contributed by atoms with Gasteiger partial charge in [-0.25, -0.2) is 4.98 Å². The van der Waals surface area contributed by atoms with Crippen molar-refractivity contribution in [3.05, 3.63) is 46.4 Å². The number of fused-ring (bicyclic) bond motifs is 1. The van der Waals surface area contributed by atoms with Gasteiger partial charge >= 0.3 is 0 Å². The smallest absolute Gasteiger partial charge is 0.260 e. The molecule has 0 spiro atoms. The van der Waals surface area contributed by atoms with Crippen molar-refractivity contribution in [1.82, 2.24) is 14.5 Å². The number of hydrogen-bond acceptors (Lipinski definition) is 3. The zero-order chi connectivity index (χ0) is 16.4. The van der Waals surface area contributed by atoms with Gasteiger partial charge in [-0.15, -0.1) is 0 Å². The molecule has 0 saturated carbocycles. The van der Waals surface area contributed by atoms with Gasteiger partial charge in [-0.1, -0.05) is 19.1 Å². The molecule has 3 aromatic rings. The van der Waals surface area contributed by atoms with Crippen molar-refractivity contribution in [1.29, 1.82) is 0 Å². The van der Waals surface area contributed by atoms with E-state index < -0.39 is 0 Å². The maximum atomic E-state index is 12.5. The first-order valence-corrected chi connectivity index (χ1v) is 7.97. The lowest BCUT2D eigenvalue weighted by Crippen LogP contribution is -2.11. The van der Waals surface area contributed by atoms with Crippen molar-refractivity contribution < 1.29 is 4.74 Å². The molecule has 5 nitrogen and oxygen atoms in total. The molecule has 2 heterocycles. The standard InChI is InChI=1S/C18H21N3O2/c1-4-10-21-11-12(3)15-17(21)19-16(20-18(15)22)13-8-6-7-9-14(13)23-5-2/h6-9,11H,4-5,10H2,1-3H3,(H,19,20,22). The van der Waals surface area contributed by atoms with Gasteiger partial charge in [-0.3, -0.25) is 4.79 Å². The lowest BCUT2D eigenvalue weighted by molar-refractivity contribution is 0.341. The van der Waals surface area contributed by atoms with Crippen LogP contribution in [-0.4, -0.2) is 21.1 Å². The molecule has 2 aromatic heterocycles. The van der Waals surface area contributed by atoms with Crippen LogP contribution >= 0.6 is 0 Å². The molecular weight excluding hydrogens is 290 g/mol. The fraction of sp³-hybridized carbons (Fsp3) is 0.333. The monoisotopic (exact) mass is 311 g/mol. The van der Waals surface area contributed by atoms with E-state index in [0.717, 1.165) is 35.5 Å². The van der Waals surface area contributed by atoms with Crippen LogP contribution in [0.1, 0.15) is 25.8 Å². The summed E-state index contributed by atoms with van der Waals surface area (Å²) >= 11 is 0. The number of aromatic nitrogens is 3. The zero-order valence-electron chi connectivity index (χ0n) is 13.7. The van der Waals surface area contributed by atoms with Crippen molar-refractivity contribution in [2.45, 2.75) is 33.7 Å². The third-order valence-electron chi connectivity index (χ3n) is 3.82. The Morgan fingerprint density at radius 3 is 2.78 bits per heavy atom. The Hall–Kier alpha value is -2.56. The SMILES string of the molecule is CCCn1cc(C)c2c(=O)[nH]c(-c3ccccc3OCC)nc21. The van der Waals surface area contributed by atoms with Crippen LogP contribution in [0.4, 0.5) is 0 Å². The summed E-state index contributed by atoms with van der Waals surface area (Å²) in [6.45, 7) is 7.40. The zero-order valence-corrected chi connectivity index (χ0v) is 13.7. The Labute approximate surface area is 134 Å². The Morgan fingerprint density at radius 1 is 1.26 bits per heavy atom. The number of nitrogens with zero attached hydrogens (tertiary/aromatic N) is 2. The predicted molar refractivity (Wildman–Crippen MR) is 92.0 cm³/mol. The molecular formula is C18H21N3O2. The number of aromatic amines is 1. The minimum Gasteiger partial charge on any atom is -0.493 e. The molecule has 0 amide bonds. The van der Waals surface area contributed by atoms with E-state index in [-0.39, 0.29) is 5.56 Å². The average molecular weight is 311 g/mol. The summed E-state index contributed by atoms with van der Waals surface area (Å²) in [5.74, 6) is 1.27. The predicted octanol–water partition coefficient (Wildman–Crippen LogP) is 3.51. The largest absolute Gasteiger partial charge is 0.493 e. The Morgan fingerprint density at radius 2 is 2.04 bits per heavy atom. The first-order chi connectivity index (χ1) is 11.2. The van der Waals surface area contributed by atoms with Crippen molar-refractivity contribution in [3.8, 4) is 17.1 Å². The minimum atomic E-state index is -0.108. The Balaban J connectivity index is 2.24. The highest BCUT2D eigenvalue weighted by Crippen LogP contribution is 2.28. The molecule has 1 N–H and O–H groups in total. The van der Waals surface area contributed by atoms with Crippen LogP contribution in [0.2, 0.25) is 0 Å². The third kappa shape index (κ3) is 2.74. The summed E-state index contributed by atoms with van der Waals surface area (Å²) in [6.07, 6.45) is 2.98. The highest BCUT2D eigenvalue weighted by molar-refractivity contribution is 5.81. The summed E-state index contributed by atoms with van der Waals surface area (Å²) < 4.78 is 7.71. The topological polar surface area (TPSA) is 59.9 Å². The molecule has 0 unspecified atom stereocenters. The normalized spacial score (nSPS) is 11.1. The number of nitrogens with one attached hydrogen (secondary N) is 1. The summed E-state index contributed by atoms with van der Waals surface area (Å²) in [4.78, 5) is 20.1.